The van der Waals surface area contributed by atoms with Gasteiger partial charge in [0.1, 0.15) is 6.33 Å². The van der Waals surface area contributed by atoms with E-state index in [0.29, 0.717) is 10.3 Å². The average molecular weight is 238 g/mol. The maximum absolute atomic E-state index is 13.1. The Hall–Kier alpha value is -2.51. The lowest BCUT2D eigenvalue weighted by atomic mass is 10.4. The van der Waals surface area contributed by atoms with E-state index in [0.717, 1.165) is 0 Å². The van der Waals surface area contributed by atoms with Gasteiger partial charge in [0.15, 0.2) is 0 Å². The molecule has 0 fully saturated rings. The molecule has 2 aromatic heterocycles. The van der Waals surface area contributed by atoms with Gasteiger partial charge in [-0.05, 0) is 6.07 Å². The van der Waals surface area contributed by atoms with E-state index < -0.39 is 22.9 Å². The van der Waals surface area contributed by atoms with Gasteiger partial charge in [0.2, 0.25) is 11.7 Å². The van der Waals surface area contributed by atoms with Gasteiger partial charge in [-0.2, -0.15) is 4.39 Å². The Bertz CT molecular complexity index is 650. The molecule has 2 heterocycles. The molecule has 0 spiro atoms. The monoisotopic (exact) mass is 238 g/mol. The first-order chi connectivity index (χ1) is 8.09. The molecule has 0 saturated heterocycles. The van der Waals surface area contributed by atoms with Crippen LogP contribution in [0.3, 0.4) is 0 Å². The van der Waals surface area contributed by atoms with E-state index in [2.05, 4.69) is 9.97 Å². The van der Waals surface area contributed by atoms with Gasteiger partial charge < -0.3 is 5.11 Å². The van der Waals surface area contributed by atoms with Crippen molar-refractivity contribution in [2.45, 2.75) is 6.54 Å². The van der Waals surface area contributed by atoms with Crippen LogP contribution in [0.2, 0.25) is 0 Å². The lowest BCUT2D eigenvalue weighted by Gasteiger charge is -2.06. The summed E-state index contributed by atoms with van der Waals surface area (Å²) in [6.07, 6.45) is 2.69. The van der Waals surface area contributed by atoms with Crippen molar-refractivity contribution in [3.63, 3.8) is 0 Å². The van der Waals surface area contributed by atoms with Crippen LogP contribution in [-0.4, -0.2) is 24.6 Å². The predicted octanol–water partition coefficient (Wildman–Crippen LogP) is -0.780. The number of aromatic amines is 1. The fourth-order valence-corrected chi connectivity index (χ4v) is 1.26. The smallest absolute Gasteiger partial charge is 0.331 e. The summed E-state index contributed by atoms with van der Waals surface area (Å²) in [5.41, 5.74) is -1.78. The van der Waals surface area contributed by atoms with E-state index in [1.165, 1.54) is 18.6 Å². The van der Waals surface area contributed by atoms with E-state index in [1.54, 1.807) is 4.98 Å². The van der Waals surface area contributed by atoms with Crippen LogP contribution in [0, 0.1) is 5.82 Å². The van der Waals surface area contributed by atoms with Crippen LogP contribution in [-0.2, 0) is 6.54 Å². The first kappa shape index (κ1) is 11.0. The molecule has 8 heteroatoms. The highest BCUT2D eigenvalue weighted by atomic mass is 19.1. The van der Waals surface area contributed by atoms with Crippen LogP contribution in [0.5, 0.6) is 5.88 Å². The van der Waals surface area contributed by atoms with Crippen LogP contribution in [0.1, 0.15) is 5.69 Å². The molecule has 0 bridgehead atoms. The maximum atomic E-state index is 13.1. The van der Waals surface area contributed by atoms with Gasteiger partial charge in [-0.3, -0.25) is 14.3 Å². The van der Waals surface area contributed by atoms with E-state index in [9.17, 15) is 19.1 Å². The number of rotatable bonds is 2. The Morgan fingerprint density at radius 3 is 2.88 bits per heavy atom. The lowest BCUT2D eigenvalue weighted by Crippen LogP contribution is -2.32. The molecular formula is C9H7FN4O3. The van der Waals surface area contributed by atoms with Crippen LogP contribution in [0.4, 0.5) is 4.39 Å². The van der Waals surface area contributed by atoms with E-state index in [-0.39, 0.29) is 6.54 Å². The third-order valence-electron chi connectivity index (χ3n) is 2.08. The quantitative estimate of drug-likeness (QED) is 0.714. The fourth-order valence-electron chi connectivity index (χ4n) is 1.26. The van der Waals surface area contributed by atoms with E-state index >= 15 is 0 Å². The third kappa shape index (κ3) is 2.05. The number of aromatic hydroxyl groups is 1. The molecule has 0 aliphatic heterocycles. The van der Waals surface area contributed by atoms with Crippen molar-refractivity contribution in [2.24, 2.45) is 0 Å². The minimum Gasteiger partial charge on any atom is -0.492 e. The number of hydrogen-bond acceptors (Lipinski definition) is 5. The highest BCUT2D eigenvalue weighted by molar-refractivity contribution is 5.12. The van der Waals surface area contributed by atoms with E-state index in [4.69, 9.17) is 0 Å². The normalized spacial score (nSPS) is 10.4. The third-order valence-corrected chi connectivity index (χ3v) is 2.08. The van der Waals surface area contributed by atoms with Crippen LogP contribution in [0.15, 0.2) is 28.2 Å². The molecule has 0 aromatic carbocycles. The second kappa shape index (κ2) is 4.16. The Balaban J connectivity index is 2.51. The lowest BCUT2D eigenvalue weighted by molar-refractivity contribution is 0.366. The minimum atomic E-state index is -1.40. The summed E-state index contributed by atoms with van der Waals surface area (Å²) in [5, 5.41) is 9.35. The molecule has 88 valence electrons. The summed E-state index contributed by atoms with van der Waals surface area (Å²) < 4.78 is 13.8. The summed E-state index contributed by atoms with van der Waals surface area (Å²) in [7, 11) is 0. The highest BCUT2D eigenvalue weighted by Gasteiger charge is 2.13. The Labute approximate surface area is 93.2 Å². The molecular weight excluding hydrogens is 231 g/mol. The zero-order chi connectivity index (χ0) is 12.4. The summed E-state index contributed by atoms with van der Waals surface area (Å²) in [6.45, 7) is -0.166. The molecule has 0 atom stereocenters. The van der Waals surface area contributed by atoms with Gasteiger partial charge in [0.05, 0.1) is 12.2 Å². The minimum absolute atomic E-state index is 0.166. The van der Waals surface area contributed by atoms with Crippen LogP contribution >= 0.6 is 0 Å². The van der Waals surface area contributed by atoms with Crippen molar-refractivity contribution >= 4 is 0 Å². The first-order valence-corrected chi connectivity index (χ1v) is 4.56. The average Bonchev–Trinajstić information content (AvgIpc) is 2.33. The summed E-state index contributed by atoms with van der Waals surface area (Å²) in [5.74, 6) is -2.42. The largest absolute Gasteiger partial charge is 0.492 e. The number of hydrogen-bond donors (Lipinski definition) is 2. The summed E-state index contributed by atoms with van der Waals surface area (Å²) in [4.78, 5) is 31.4. The molecule has 0 unspecified atom stereocenters. The zero-order valence-electron chi connectivity index (χ0n) is 8.42. The number of H-pyrrole nitrogens is 1. The molecule has 7 nitrogen and oxygen atoms in total. The molecule has 0 amide bonds. The molecule has 0 radical (unpaired) electrons. The van der Waals surface area contributed by atoms with Gasteiger partial charge in [-0.1, -0.05) is 0 Å². The summed E-state index contributed by atoms with van der Waals surface area (Å²) in [6, 6.07) is 1.49. The highest BCUT2D eigenvalue weighted by Crippen LogP contribution is 2.08. The van der Waals surface area contributed by atoms with Crippen LogP contribution < -0.4 is 11.2 Å². The Morgan fingerprint density at radius 1 is 1.47 bits per heavy atom. The predicted molar refractivity (Wildman–Crippen MR) is 54.1 cm³/mol. The van der Waals surface area contributed by atoms with Crippen molar-refractivity contribution in [3.8, 4) is 5.88 Å². The van der Waals surface area contributed by atoms with Crippen molar-refractivity contribution in [1.29, 1.82) is 0 Å². The molecule has 2 aromatic rings. The van der Waals surface area contributed by atoms with Gasteiger partial charge >= 0.3 is 5.69 Å². The van der Waals surface area contributed by atoms with Crippen molar-refractivity contribution in [3.05, 3.63) is 50.9 Å². The second-order valence-electron chi connectivity index (χ2n) is 3.18. The maximum Gasteiger partial charge on any atom is 0.331 e. The second-order valence-corrected chi connectivity index (χ2v) is 3.18. The molecule has 0 aliphatic rings. The topological polar surface area (TPSA) is 101 Å². The number of nitrogens with zero attached hydrogens (tertiary/aromatic N) is 3. The van der Waals surface area contributed by atoms with Gasteiger partial charge in [-0.15, -0.1) is 0 Å². The van der Waals surface area contributed by atoms with Gasteiger partial charge in [-0.25, -0.2) is 14.8 Å². The van der Waals surface area contributed by atoms with Crippen molar-refractivity contribution < 1.29 is 9.50 Å². The molecule has 0 aliphatic carbocycles. The Kier molecular flexibility index (Phi) is 2.69. The first-order valence-electron chi connectivity index (χ1n) is 4.56. The van der Waals surface area contributed by atoms with Crippen molar-refractivity contribution in [1.82, 2.24) is 19.5 Å². The Morgan fingerprint density at radius 2 is 2.24 bits per heavy atom. The molecule has 2 N–H and O–H groups in total. The number of aromatic nitrogens is 4. The number of nitrogens with one attached hydrogen (secondary N) is 1. The molecule has 2 rings (SSSR count). The van der Waals surface area contributed by atoms with Crippen LogP contribution in [0.25, 0.3) is 0 Å². The van der Waals surface area contributed by atoms with Gasteiger partial charge in [0, 0.05) is 6.20 Å². The fraction of sp³-hybridized carbons (Fsp3) is 0.111. The number of halogens is 1. The summed E-state index contributed by atoms with van der Waals surface area (Å²) >= 11 is 0. The molecule has 17 heavy (non-hydrogen) atoms. The zero-order valence-corrected chi connectivity index (χ0v) is 8.42. The van der Waals surface area contributed by atoms with Gasteiger partial charge in [0.25, 0.3) is 5.56 Å². The molecule has 0 saturated carbocycles. The SMILES string of the molecule is O=c1[nH]c(=O)n(Cc2ccncn2)c(O)c1F. The van der Waals surface area contributed by atoms with Crippen molar-refractivity contribution in [2.75, 3.05) is 0 Å². The van der Waals surface area contributed by atoms with E-state index in [1.807, 2.05) is 0 Å². The standard InChI is InChI=1S/C9H7FN4O3/c10-6-7(15)13-9(17)14(8(6)16)3-5-1-2-11-4-12-5/h1-2,4,16H,3H2,(H,13,15,17).